The van der Waals surface area contributed by atoms with Gasteiger partial charge in [0.25, 0.3) is 0 Å². The number of anilines is 2. The van der Waals surface area contributed by atoms with Crippen LogP contribution in [0.25, 0.3) is 11.0 Å². The van der Waals surface area contributed by atoms with Crippen LogP contribution in [0.5, 0.6) is 6.01 Å². The first-order valence-electron chi connectivity index (χ1n) is 10.8. The van der Waals surface area contributed by atoms with Crippen molar-refractivity contribution in [3.05, 3.63) is 34.1 Å². The van der Waals surface area contributed by atoms with E-state index >= 15 is 0 Å². The number of rotatable bonds is 6. The number of aromatic nitrogens is 4. The molecule has 1 aliphatic heterocycles. The molecule has 2 aromatic heterocycles. The van der Waals surface area contributed by atoms with E-state index in [0.29, 0.717) is 49.1 Å². The highest BCUT2D eigenvalue weighted by Crippen LogP contribution is 2.44. The topological polar surface area (TPSA) is 65.3 Å². The minimum absolute atomic E-state index is 0.164. The van der Waals surface area contributed by atoms with Crippen molar-refractivity contribution in [3.63, 3.8) is 0 Å². The van der Waals surface area contributed by atoms with E-state index < -0.39 is 18.6 Å². The third-order valence-electron chi connectivity index (χ3n) is 5.52. The fourth-order valence-electron chi connectivity index (χ4n) is 4.33. The summed E-state index contributed by atoms with van der Waals surface area (Å²) in [6.45, 7) is 7.73. The zero-order valence-electron chi connectivity index (χ0n) is 19.1. The minimum Gasteiger partial charge on any atom is -0.464 e. The number of nitrogens with zero attached hydrogens (tertiary/aromatic N) is 5. The number of halogens is 5. The van der Waals surface area contributed by atoms with Crippen LogP contribution in [0.1, 0.15) is 43.3 Å². The summed E-state index contributed by atoms with van der Waals surface area (Å²) < 4.78 is 67.0. The molecule has 0 amide bonds. The SMILES string of the molecule is CCOc1nc(C)c(N2CCCn3c2nc2c(Cl)ccc(C(OC(C)F)C(F)(F)F)c23)c(C)n1. The summed E-state index contributed by atoms with van der Waals surface area (Å²) in [5.74, 6) is 0.406. The van der Waals surface area contributed by atoms with E-state index in [1.807, 2.05) is 25.7 Å². The van der Waals surface area contributed by atoms with Gasteiger partial charge in [-0.1, -0.05) is 17.7 Å². The number of benzene rings is 1. The van der Waals surface area contributed by atoms with Crippen LogP contribution in [0.2, 0.25) is 5.02 Å². The van der Waals surface area contributed by atoms with Gasteiger partial charge in [0.2, 0.25) is 5.95 Å². The highest BCUT2D eigenvalue weighted by Gasteiger charge is 2.45. The summed E-state index contributed by atoms with van der Waals surface area (Å²) in [4.78, 5) is 15.3. The molecule has 4 rings (SSSR count). The molecule has 3 aromatic rings. The number of ether oxygens (including phenoxy) is 2. The number of alkyl halides is 4. The molecule has 1 aromatic carbocycles. The lowest BCUT2D eigenvalue weighted by Gasteiger charge is -2.31. The average Bonchev–Trinajstić information content (AvgIpc) is 3.13. The molecule has 0 spiro atoms. The van der Waals surface area contributed by atoms with E-state index in [2.05, 4.69) is 19.7 Å². The van der Waals surface area contributed by atoms with Gasteiger partial charge in [-0.15, -0.1) is 0 Å². The van der Waals surface area contributed by atoms with Crippen LogP contribution >= 0.6 is 11.6 Å². The summed E-state index contributed by atoms with van der Waals surface area (Å²) in [6, 6.07) is 2.79. The Bertz CT molecular complexity index is 1190. The van der Waals surface area contributed by atoms with Gasteiger partial charge < -0.3 is 18.9 Å². The first-order chi connectivity index (χ1) is 16.0. The summed E-state index contributed by atoms with van der Waals surface area (Å²) in [6.07, 6.45) is -8.81. The van der Waals surface area contributed by atoms with Crippen molar-refractivity contribution in [2.24, 2.45) is 0 Å². The molecule has 7 nitrogen and oxygen atoms in total. The van der Waals surface area contributed by atoms with Crippen molar-refractivity contribution in [2.75, 3.05) is 18.1 Å². The van der Waals surface area contributed by atoms with Crippen molar-refractivity contribution in [2.45, 2.75) is 59.3 Å². The smallest absolute Gasteiger partial charge is 0.419 e. The molecule has 184 valence electrons. The van der Waals surface area contributed by atoms with Crippen molar-refractivity contribution < 1.29 is 27.0 Å². The lowest BCUT2D eigenvalue weighted by atomic mass is 10.1. The molecule has 0 aliphatic carbocycles. The van der Waals surface area contributed by atoms with Gasteiger partial charge in [-0.2, -0.15) is 23.1 Å². The fraction of sp³-hybridized carbons (Fsp3) is 0.500. The van der Waals surface area contributed by atoms with Gasteiger partial charge in [-0.25, -0.2) is 9.37 Å². The van der Waals surface area contributed by atoms with Crippen molar-refractivity contribution in [1.29, 1.82) is 0 Å². The van der Waals surface area contributed by atoms with E-state index in [9.17, 15) is 17.6 Å². The largest absolute Gasteiger partial charge is 0.464 e. The number of fused-ring (bicyclic) bond motifs is 3. The molecular weight excluding hydrogens is 478 g/mol. The molecule has 0 N–H and O–H groups in total. The molecule has 12 heteroatoms. The fourth-order valence-corrected chi connectivity index (χ4v) is 4.52. The summed E-state index contributed by atoms with van der Waals surface area (Å²) in [5.41, 5.74) is 2.09. The number of hydrogen-bond donors (Lipinski definition) is 0. The van der Waals surface area contributed by atoms with Crippen LogP contribution in [-0.4, -0.2) is 45.2 Å². The molecule has 1 aliphatic rings. The second-order valence-electron chi connectivity index (χ2n) is 7.96. The van der Waals surface area contributed by atoms with Crippen LogP contribution < -0.4 is 9.64 Å². The molecule has 0 saturated carbocycles. The normalized spacial score (nSPS) is 16.0. The lowest BCUT2D eigenvalue weighted by Crippen LogP contribution is -2.30. The zero-order valence-corrected chi connectivity index (χ0v) is 19.8. The van der Waals surface area contributed by atoms with Gasteiger partial charge in [0, 0.05) is 18.7 Å². The maximum atomic E-state index is 13.9. The Balaban J connectivity index is 1.92. The number of aryl methyl sites for hydroxylation is 3. The molecule has 2 unspecified atom stereocenters. The maximum absolute atomic E-state index is 13.9. The summed E-state index contributed by atoms with van der Waals surface area (Å²) >= 11 is 6.35. The monoisotopic (exact) mass is 501 g/mol. The van der Waals surface area contributed by atoms with Gasteiger partial charge in [0.15, 0.2) is 12.5 Å². The molecule has 34 heavy (non-hydrogen) atoms. The Morgan fingerprint density at radius 2 is 1.79 bits per heavy atom. The van der Waals surface area contributed by atoms with Crippen LogP contribution in [0, 0.1) is 13.8 Å². The van der Waals surface area contributed by atoms with E-state index in [1.54, 1.807) is 4.57 Å². The molecule has 0 radical (unpaired) electrons. The average molecular weight is 502 g/mol. The summed E-state index contributed by atoms with van der Waals surface area (Å²) in [7, 11) is 0. The van der Waals surface area contributed by atoms with E-state index in [1.165, 1.54) is 12.1 Å². The van der Waals surface area contributed by atoms with Gasteiger partial charge in [-0.05, 0) is 40.2 Å². The second-order valence-corrected chi connectivity index (χ2v) is 8.37. The van der Waals surface area contributed by atoms with Gasteiger partial charge in [-0.3, -0.25) is 0 Å². The predicted molar refractivity (Wildman–Crippen MR) is 119 cm³/mol. The van der Waals surface area contributed by atoms with E-state index in [4.69, 9.17) is 16.3 Å². The summed E-state index contributed by atoms with van der Waals surface area (Å²) in [5, 5.41) is 0.186. The lowest BCUT2D eigenvalue weighted by molar-refractivity contribution is -0.249. The molecule has 2 atom stereocenters. The quantitative estimate of drug-likeness (QED) is 0.388. The molecule has 0 saturated heterocycles. The Morgan fingerprint density at radius 1 is 1.12 bits per heavy atom. The third kappa shape index (κ3) is 4.38. The first-order valence-corrected chi connectivity index (χ1v) is 11.2. The van der Waals surface area contributed by atoms with Crippen LogP contribution in [0.15, 0.2) is 12.1 Å². The van der Waals surface area contributed by atoms with E-state index in [0.717, 1.165) is 6.92 Å². The van der Waals surface area contributed by atoms with Gasteiger partial charge in [0.1, 0.15) is 5.52 Å². The van der Waals surface area contributed by atoms with Crippen LogP contribution in [0.4, 0.5) is 29.2 Å². The Labute approximate surface area is 198 Å². The van der Waals surface area contributed by atoms with Gasteiger partial charge in [0.05, 0.1) is 34.2 Å². The van der Waals surface area contributed by atoms with Crippen LogP contribution in [0.3, 0.4) is 0 Å². The minimum atomic E-state index is -4.84. The van der Waals surface area contributed by atoms with Crippen molar-refractivity contribution >= 4 is 34.3 Å². The standard InChI is InChI=1S/C22H24ClF4N5O2/c1-5-33-20-28-11(2)17(12(3)29-20)31-9-6-10-32-18-14(19(22(25,26)27)34-13(4)24)7-8-15(23)16(18)30-21(31)32/h7-8,13,19H,5-6,9-10H2,1-4H3. The molecule has 0 bridgehead atoms. The Hall–Kier alpha value is -2.66. The van der Waals surface area contributed by atoms with Crippen LogP contribution in [-0.2, 0) is 11.3 Å². The van der Waals surface area contributed by atoms with E-state index in [-0.39, 0.29) is 27.6 Å². The van der Waals surface area contributed by atoms with Gasteiger partial charge >= 0.3 is 12.2 Å². The highest BCUT2D eigenvalue weighted by atomic mass is 35.5. The maximum Gasteiger partial charge on any atom is 0.419 e. The molecule has 3 heterocycles. The predicted octanol–water partition coefficient (Wildman–Crippen LogP) is 5.97. The van der Waals surface area contributed by atoms with Crippen molar-refractivity contribution in [1.82, 2.24) is 19.5 Å². The third-order valence-corrected chi connectivity index (χ3v) is 5.83. The number of imidazole rings is 1. The van der Waals surface area contributed by atoms with Crippen molar-refractivity contribution in [3.8, 4) is 6.01 Å². The molecular formula is C22H24ClF4N5O2. The second kappa shape index (κ2) is 9.18. The number of hydrogen-bond acceptors (Lipinski definition) is 6. The Morgan fingerprint density at radius 3 is 2.38 bits per heavy atom. The zero-order chi connectivity index (χ0) is 24.8. The highest BCUT2D eigenvalue weighted by molar-refractivity contribution is 6.35. The first kappa shape index (κ1) is 24.5. The molecule has 0 fully saturated rings. The Kier molecular flexibility index (Phi) is 6.61.